The Kier molecular flexibility index (Phi) is 5.20. The first-order valence-electron chi connectivity index (χ1n) is 5.77. The molecule has 0 aliphatic heterocycles. The minimum atomic E-state index is -5.11. The fraction of sp³-hybridized carbons (Fsp3) is 0.455. The molecule has 0 saturated carbocycles. The van der Waals surface area contributed by atoms with Crippen molar-refractivity contribution >= 4 is 9.84 Å². The van der Waals surface area contributed by atoms with Gasteiger partial charge < -0.3 is 29.9 Å². The Hall–Kier alpha value is -1.57. The third-order valence-electron chi connectivity index (χ3n) is 2.92. The maximum atomic E-state index is 12.7. The molecule has 0 aromatic heterocycles. The highest BCUT2D eigenvalue weighted by Gasteiger charge is 2.49. The summed E-state index contributed by atoms with van der Waals surface area (Å²) in [7, 11) is -3.23. The van der Waals surface area contributed by atoms with Crippen molar-refractivity contribution in [2.75, 3.05) is 14.2 Å². The van der Waals surface area contributed by atoms with Gasteiger partial charge in [-0.05, 0) is 6.07 Å². The molecule has 0 heterocycles. The first-order chi connectivity index (χ1) is 10.3. The minimum Gasteiger partial charge on any atom is -0.496 e. The van der Waals surface area contributed by atoms with Gasteiger partial charge in [0.25, 0.3) is 11.7 Å². The molecule has 0 fully saturated rings. The normalized spacial score (nSPS) is 13.3. The number of rotatable bonds is 6. The Labute approximate surface area is 129 Å². The molecule has 0 amide bonds. The predicted octanol–water partition coefficient (Wildman–Crippen LogP) is -1.57. The van der Waals surface area contributed by atoms with Crippen molar-refractivity contribution in [3.63, 3.8) is 0 Å². The van der Waals surface area contributed by atoms with E-state index < -0.39 is 49.3 Å². The van der Waals surface area contributed by atoms with Gasteiger partial charge in [-0.2, -0.15) is 8.78 Å². The summed E-state index contributed by atoms with van der Waals surface area (Å²) in [4.78, 5) is -0.995. The van der Waals surface area contributed by atoms with Gasteiger partial charge in [-0.25, -0.2) is 8.42 Å². The van der Waals surface area contributed by atoms with Gasteiger partial charge in [-0.1, -0.05) is 0 Å². The second-order valence-electron chi connectivity index (χ2n) is 4.41. The smallest absolute Gasteiger partial charge is 0.341 e. The summed E-state index contributed by atoms with van der Waals surface area (Å²) in [6.45, 7) is 0. The van der Waals surface area contributed by atoms with Crippen LogP contribution in [0.2, 0.25) is 0 Å². The summed E-state index contributed by atoms with van der Waals surface area (Å²) in [6, 6.07) is 1.09. The number of sulfone groups is 1. The molecule has 0 aliphatic rings. The van der Waals surface area contributed by atoms with E-state index in [4.69, 9.17) is 5.73 Å². The van der Waals surface area contributed by atoms with Crippen LogP contribution in [0.1, 0.15) is 5.56 Å². The topological polar surface area (TPSA) is 160 Å². The van der Waals surface area contributed by atoms with E-state index in [9.17, 15) is 37.6 Å². The van der Waals surface area contributed by atoms with Crippen LogP contribution in [-0.2, 0) is 15.6 Å². The SMILES string of the molecule is COc1cc(S(=O)(=O)C(F)F)c(OC)cc1C(O)(O)C(N)(O)O. The number of alkyl halides is 2. The Morgan fingerprint density at radius 1 is 1.09 bits per heavy atom. The standard InChI is InChI=1S/C11H15F2NO8S/c1-21-6-4-8(23(19,20)9(12)13)7(22-2)3-5(6)10(15,16)11(14,17)18/h3-4,9,15-18H,14H2,1-2H3. The summed E-state index contributed by atoms with van der Waals surface area (Å²) in [5, 5.41) is 37.9. The molecule has 0 unspecified atom stereocenters. The number of benzene rings is 1. The summed E-state index contributed by atoms with van der Waals surface area (Å²) in [5.74, 6) is -12.2. The number of nitrogens with two attached hydrogens (primary N) is 1. The van der Waals surface area contributed by atoms with Crippen LogP contribution in [0.15, 0.2) is 17.0 Å². The Morgan fingerprint density at radius 2 is 1.57 bits per heavy atom. The van der Waals surface area contributed by atoms with E-state index in [1.807, 2.05) is 0 Å². The van der Waals surface area contributed by atoms with Crippen LogP contribution in [-0.4, -0.2) is 54.7 Å². The van der Waals surface area contributed by atoms with Gasteiger partial charge in [0.05, 0.1) is 19.8 Å². The number of methoxy groups -OCH3 is 2. The van der Waals surface area contributed by atoms with Crippen molar-refractivity contribution in [1.29, 1.82) is 0 Å². The Balaban J connectivity index is 3.75. The summed E-state index contributed by atoms with van der Waals surface area (Å²) < 4.78 is 57.9. The number of hydrogen-bond acceptors (Lipinski definition) is 9. The Morgan fingerprint density at radius 3 is 1.91 bits per heavy atom. The molecule has 1 aromatic carbocycles. The van der Waals surface area contributed by atoms with E-state index in [-0.39, 0.29) is 0 Å². The van der Waals surface area contributed by atoms with E-state index in [2.05, 4.69) is 9.47 Å². The van der Waals surface area contributed by atoms with Crippen LogP contribution in [0.4, 0.5) is 8.78 Å². The lowest BCUT2D eigenvalue weighted by molar-refractivity contribution is -0.363. The largest absolute Gasteiger partial charge is 0.496 e. The van der Waals surface area contributed by atoms with E-state index in [0.717, 1.165) is 14.2 Å². The first-order valence-corrected chi connectivity index (χ1v) is 7.32. The van der Waals surface area contributed by atoms with Crippen LogP contribution in [0, 0.1) is 0 Å². The first kappa shape index (κ1) is 19.5. The van der Waals surface area contributed by atoms with E-state index >= 15 is 0 Å². The second kappa shape index (κ2) is 6.14. The lowest BCUT2D eigenvalue weighted by Gasteiger charge is -2.32. The summed E-state index contributed by atoms with van der Waals surface area (Å²) in [5.41, 5.74) is 3.99. The zero-order valence-electron chi connectivity index (χ0n) is 11.9. The van der Waals surface area contributed by atoms with Gasteiger partial charge in [-0.3, -0.25) is 5.73 Å². The van der Waals surface area contributed by atoms with Crippen molar-refractivity contribution in [3.8, 4) is 11.5 Å². The molecule has 0 atom stereocenters. The monoisotopic (exact) mass is 359 g/mol. The maximum Gasteiger partial charge on any atom is 0.341 e. The second-order valence-corrected chi connectivity index (χ2v) is 6.29. The molecule has 0 bridgehead atoms. The molecule has 1 rings (SSSR count). The van der Waals surface area contributed by atoms with Gasteiger partial charge in [0, 0.05) is 6.07 Å². The molecular formula is C11H15F2NO8S. The van der Waals surface area contributed by atoms with E-state index in [0.29, 0.717) is 12.1 Å². The summed E-state index contributed by atoms with van der Waals surface area (Å²) >= 11 is 0. The van der Waals surface area contributed by atoms with Gasteiger partial charge in [-0.15, -0.1) is 0 Å². The molecule has 12 heteroatoms. The molecule has 23 heavy (non-hydrogen) atoms. The number of halogens is 2. The van der Waals surface area contributed by atoms with E-state index in [1.165, 1.54) is 0 Å². The number of hydrogen-bond donors (Lipinski definition) is 5. The quantitative estimate of drug-likeness (QED) is 0.378. The fourth-order valence-electron chi connectivity index (χ4n) is 1.66. The van der Waals surface area contributed by atoms with Crippen molar-refractivity contribution in [3.05, 3.63) is 17.7 Å². The molecule has 0 saturated heterocycles. The molecule has 6 N–H and O–H groups in total. The lowest BCUT2D eigenvalue weighted by atomic mass is 10.0. The van der Waals surface area contributed by atoms with Crippen LogP contribution in [0.3, 0.4) is 0 Å². The van der Waals surface area contributed by atoms with Crippen molar-refractivity contribution in [1.82, 2.24) is 0 Å². The Bertz CT molecular complexity index is 684. The van der Waals surface area contributed by atoms with Crippen LogP contribution in [0.25, 0.3) is 0 Å². The highest BCUT2D eigenvalue weighted by atomic mass is 32.2. The number of aliphatic hydroxyl groups is 4. The molecular weight excluding hydrogens is 344 g/mol. The maximum absolute atomic E-state index is 12.7. The molecule has 0 aliphatic carbocycles. The van der Waals surface area contributed by atoms with Gasteiger partial charge in [0.1, 0.15) is 16.4 Å². The minimum absolute atomic E-state index is 0.516. The van der Waals surface area contributed by atoms with Crippen LogP contribution < -0.4 is 15.2 Å². The third kappa shape index (κ3) is 3.36. The molecule has 132 valence electrons. The molecule has 1 aromatic rings. The van der Waals surface area contributed by atoms with Crippen molar-refractivity contribution in [2.45, 2.75) is 22.4 Å². The molecule has 9 nitrogen and oxygen atoms in total. The van der Waals surface area contributed by atoms with Crippen molar-refractivity contribution in [2.24, 2.45) is 5.73 Å². The van der Waals surface area contributed by atoms with Gasteiger partial charge in [0.2, 0.25) is 9.84 Å². The number of ether oxygens (including phenoxy) is 2. The van der Waals surface area contributed by atoms with Crippen LogP contribution in [0.5, 0.6) is 11.5 Å². The fourth-order valence-corrected chi connectivity index (χ4v) is 2.54. The third-order valence-corrected chi connectivity index (χ3v) is 4.32. The molecule has 0 radical (unpaired) electrons. The van der Waals surface area contributed by atoms with Crippen molar-refractivity contribution < 1.29 is 47.1 Å². The van der Waals surface area contributed by atoms with E-state index in [1.54, 1.807) is 0 Å². The predicted molar refractivity (Wildman–Crippen MR) is 70.2 cm³/mol. The van der Waals surface area contributed by atoms with Crippen LogP contribution >= 0.6 is 0 Å². The highest BCUT2D eigenvalue weighted by molar-refractivity contribution is 7.91. The lowest BCUT2D eigenvalue weighted by Crippen LogP contribution is -2.58. The zero-order valence-corrected chi connectivity index (χ0v) is 12.7. The zero-order chi connectivity index (χ0) is 18.2. The average molecular weight is 359 g/mol. The summed E-state index contributed by atoms with van der Waals surface area (Å²) in [6.07, 6.45) is 0. The molecule has 0 spiro atoms. The highest BCUT2D eigenvalue weighted by Crippen LogP contribution is 2.40. The average Bonchev–Trinajstić information content (AvgIpc) is 2.44. The van der Waals surface area contributed by atoms with Gasteiger partial charge in [0.15, 0.2) is 0 Å². The van der Waals surface area contributed by atoms with Gasteiger partial charge >= 0.3 is 5.76 Å².